The van der Waals surface area contributed by atoms with E-state index in [1.54, 1.807) is 7.05 Å². The van der Waals surface area contributed by atoms with Crippen LogP contribution in [-0.2, 0) is 11.3 Å². The number of amides is 1. The van der Waals surface area contributed by atoms with Gasteiger partial charge >= 0.3 is 0 Å². The minimum absolute atomic E-state index is 0. The minimum atomic E-state index is -0.232. The molecule has 0 aliphatic carbocycles. The van der Waals surface area contributed by atoms with Crippen LogP contribution in [0.25, 0.3) is 11.4 Å². The molecule has 9 heteroatoms. The number of primary amides is 1. The second-order valence-corrected chi connectivity index (χ2v) is 6.56. The van der Waals surface area contributed by atoms with Gasteiger partial charge in [-0.1, -0.05) is 18.2 Å². The van der Waals surface area contributed by atoms with Crippen LogP contribution in [0.2, 0.25) is 0 Å². The lowest BCUT2D eigenvalue weighted by molar-refractivity contribution is -0.119. The number of piperidine rings is 1. The van der Waals surface area contributed by atoms with E-state index in [1.165, 1.54) is 6.33 Å². The molecular formula is C18H26IN7O. The molecule has 8 nitrogen and oxygen atoms in total. The van der Waals surface area contributed by atoms with Crippen LogP contribution in [0.1, 0.15) is 24.8 Å². The molecule has 2 aromatic rings. The van der Waals surface area contributed by atoms with Gasteiger partial charge in [0, 0.05) is 38.7 Å². The fraction of sp³-hybridized carbons (Fsp3) is 0.444. The number of H-pyrrole nitrogens is 1. The van der Waals surface area contributed by atoms with E-state index < -0.39 is 0 Å². The van der Waals surface area contributed by atoms with Gasteiger partial charge in [-0.25, -0.2) is 4.98 Å². The van der Waals surface area contributed by atoms with Crippen molar-refractivity contribution in [3.05, 3.63) is 36.2 Å². The van der Waals surface area contributed by atoms with Crippen LogP contribution >= 0.6 is 24.0 Å². The standard InChI is InChI=1S/C18H25N7O.HI/c1-20-18(25-7-3-5-14(11-25)9-16(19)26)21-10-13-4-2-6-15(8-13)17-22-12-23-24-17;/h2,4,6,8,12,14H,3,5,7,9-11H2,1H3,(H2,19,26)(H,20,21)(H,22,23,24);1H. The second kappa shape index (κ2) is 10.2. The molecule has 1 saturated heterocycles. The number of aromatic nitrogens is 3. The van der Waals surface area contributed by atoms with Crippen molar-refractivity contribution >= 4 is 35.8 Å². The first-order valence-corrected chi connectivity index (χ1v) is 8.84. The Kier molecular flexibility index (Phi) is 8.01. The molecular weight excluding hydrogens is 457 g/mol. The van der Waals surface area contributed by atoms with E-state index in [0.29, 0.717) is 18.9 Å². The van der Waals surface area contributed by atoms with Gasteiger partial charge in [0.05, 0.1) is 0 Å². The fourth-order valence-corrected chi connectivity index (χ4v) is 3.40. The Morgan fingerprint density at radius 2 is 2.33 bits per heavy atom. The van der Waals surface area contributed by atoms with Crippen LogP contribution in [0.15, 0.2) is 35.6 Å². The Morgan fingerprint density at radius 3 is 3.04 bits per heavy atom. The molecule has 2 heterocycles. The molecule has 4 N–H and O–H groups in total. The first kappa shape index (κ1) is 21.1. The van der Waals surface area contributed by atoms with Crippen LogP contribution < -0.4 is 11.1 Å². The number of likely N-dealkylation sites (tertiary alicyclic amines) is 1. The van der Waals surface area contributed by atoms with Gasteiger partial charge in [0.15, 0.2) is 11.8 Å². The van der Waals surface area contributed by atoms with Gasteiger partial charge in [0.25, 0.3) is 0 Å². The highest BCUT2D eigenvalue weighted by Crippen LogP contribution is 2.20. The molecule has 146 valence electrons. The summed E-state index contributed by atoms with van der Waals surface area (Å²) in [5.74, 6) is 1.67. The Hall–Kier alpha value is -2.17. The van der Waals surface area contributed by atoms with Crippen LogP contribution in [0, 0.1) is 5.92 Å². The highest BCUT2D eigenvalue weighted by molar-refractivity contribution is 14.0. The van der Waals surface area contributed by atoms with Crippen LogP contribution in [0.5, 0.6) is 0 Å². The molecule has 0 radical (unpaired) electrons. The molecule has 1 aliphatic rings. The number of carbonyl (C=O) groups is 1. The summed E-state index contributed by atoms with van der Waals surface area (Å²) < 4.78 is 0. The minimum Gasteiger partial charge on any atom is -0.370 e. The van der Waals surface area contributed by atoms with E-state index in [2.05, 4.69) is 42.5 Å². The number of nitrogens with zero attached hydrogens (tertiary/aromatic N) is 4. The number of nitrogens with two attached hydrogens (primary N) is 1. The van der Waals surface area contributed by atoms with Crippen molar-refractivity contribution in [1.29, 1.82) is 0 Å². The molecule has 1 amide bonds. The molecule has 1 aromatic carbocycles. The summed E-state index contributed by atoms with van der Waals surface area (Å²) in [4.78, 5) is 22.0. The summed E-state index contributed by atoms with van der Waals surface area (Å²) in [6.45, 7) is 2.40. The summed E-state index contributed by atoms with van der Waals surface area (Å²) >= 11 is 0. The maximum absolute atomic E-state index is 11.2. The molecule has 1 atom stereocenters. The second-order valence-electron chi connectivity index (χ2n) is 6.56. The monoisotopic (exact) mass is 483 g/mol. The maximum atomic E-state index is 11.2. The summed E-state index contributed by atoms with van der Waals surface area (Å²) in [5.41, 5.74) is 7.48. The number of aromatic amines is 1. The van der Waals surface area contributed by atoms with E-state index in [9.17, 15) is 4.79 Å². The van der Waals surface area contributed by atoms with Crippen molar-refractivity contribution in [2.24, 2.45) is 16.6 Å². The summed E-state index contributed by atoms with van der Waals surface area (Å²) in [6, 6.07) is 8.14. The number of benzene rings is 1. The number of hydrogen-bond acceptors (Lipinski definition) is 4. The zero-order chi connectivity index (χ0) is 18.4. The van der Waals surface area contributed by atoms with Gasteiger partial charge in [-0.05, 0) is 30.4 Å². The third kappa shape index (κ3) is 5.91. The van der Waals surface area contributed by atoms with Gasteiger partial charge in [-0.2, -0.15) is 5.10 Å². The predicted octanol–water partition coefficient (Wildman–Crippen LogP) is 1.75. The van der Waals surface area contributed by atoms with Gasteiger partial charge < -0.3 is 16.0 Å². The Labute approximate surface area is 176 Å². The number of nitrogens with one attached hydrogen (secondary N) is 2. The highest BCUT2D eigenvalue weighted by atomic mass is 127. The molecule has 1 aromatic heterocycles. The van der Waals surface area contributed by atoms with Gasteiger partial charge in [0.2, 0.25) is 5.91 Å². The largest absolute Gasteiger partial charge is 0.370 e. The summed E-state index contributed by atoms with van der Waals surface area (Å²) in [7, 11) is 1.78. The smallest absolute Gasteiger partial charge is 0.217 e. The first-order chi connectivity index (χ1) is 12.7. The molecule has 1 unspecified atom stereocenters. The molecule has 0 saturated carbocycles. The Balaban J connectivity index is 0.00000261. The zero-order valence-electron chi connectivity index (χ0n) is 15.4. The van der Waals surface area contributed by atoms with Crippen molar-refractivity contribution in [1.82, 2.24) is 25.4 Å². The van der Waals surface area contributed by atoms with Crippen LogP contribution in [-0.4, -0.2) is 52.1 Å². The average molecular weight is 483 g/mol. The summed E-state index contributed by atoms with van der Waals surface area (Å²) in [5, 5.41) is 10.2. The molecule has 1 fully saturated rings. The number of halogens is 1. The lowest BCUT2D eigenvalue weighted by Crippen LogP contribution is -2.46. The molecule has 0 spiro atoms. The Morgan fingerprint density at radius 1 is 1.48 bits per heavy atom. The lowest BCUT2D eigenvalue weighted by Gasteiger charge is -2.34. The SMILES string of the molecule is CN=C(NCc1cccc(-c2ncn[nH]2)c1)N1CCCC(CC(N)=O)C1.I. The fourth-order valence-electron chi connectivity index (χ4n) is 3.40. The van der Waals surface area contributed by atoms with Crippen molar-refractivity contribution in [2.45, 2.75) is 25.8 Å². The van der Waals surface area contributed by atoms with Crippen LogP contribution in [0.4, 0.5) is 0 Å². The topological polar surface area (TPSA) is 112 Å². The number of aliphatic imine (C=N–C) groups is 1. The zero-order valence-corrected chi connectivity index (χ0v) is 17.7. The molecule has 27 heavy (non-hydrogen) atoms. The predicted molar refractivity (Wildman–Crippen MR) is 116 cm³/mol. The third-order valence-electron chi connectivity index (χ3n) is 4.59. The summed E-state index contributed by atoms with van der Waals surface area (Å²) in [6.07, 6.45) is 4.02. The number of rotatable bonds is 5. The molecule has 3 rings (SSSR count). The van der Waals surface area contributed by atoms with E-state index in [1.807, 2.05) is 12.1 Å². The van der Waals surface area contributed by atoms with Crippen LogP contribution in [0.3, 0.4) is 0 Å². The van der Waals surface area contributed by atoms with Crippen molar-refractivity contribution in [3.63, 3.8) is 0 Å². The quantitative estimate of drug-likeness (QED) is 0.341. The van der Waals surface area contributed by atoms with E-state index in [0.717, 1.165) is 48.8 Å². The highest BCUT2D eigenvalue weighted by Gasteiger charge is 2.23. The van der Waals surface area contributed by atoms with Gasteiger partial charge in [0.1, 0.15) is 6.33 Å². The first-order valence-electron chi connectivity index (χ1n) is 8.84. The van der Waals surface area contributed by atoms with E-state index in [-0.39, 0.29) is 29.9 Å². The maximum Gasteiger partial charge on any atom is 0.217 e. The number of hydrogen-bond donors (Lipinski definition) is 3. The van der Waals surface area contributed by atoms with Crippen molar-refractivity contribution < 1.29 is 4.79 Å². The average Bonchev–Trinajstić information content (AvgIpc) is 3.17. The third-order valence-corrected chi connectivity index (χ3v) is 4.59. The normalized spacial score (nSPS) is 17.3. The number of guanidine groups is 1. The molecule has 0 bridgehead atoms. The van der Waals surface area contributed by atoms with Crippen molar-refractivity contribution in [3.8, 4) is 11.4 Å². The van der Waals surface area contributed by atoms with Gasteiger partial charge in [-0.15, -0.1) is 24.0 Å². The lowest BCUT2D eigenvalue weighted by atomic mass is 9.95. The van der Waals surface area contributed by atoms with E-state index in [4.69, 9.17) is 5.73 Å². The van der Waals surface area contributed by atoms with E-state index >= 15 is 0 Å². The molecule has 1 aliphatic heterocycles. The Bertz CT molecular complexity index is 763. The number of carbonyl (C=O) groups excluding carboxylic acids is 1. The van der Waals surface area contributed by atoms with Crippen molar-refractivity contribution in [2.75, 3.05) is 20.1 Å². The van der Waals surface area contributed by atoms with Gasteiger partial charge in [-0.3, -0.25) is 14.9 Å².